The van der Waals surface area contributed by atoms with Gasteiger partial charge in [0, 0.05) is 31.2 Å². The van der Waals surface area contributed by atoms with E-state index < -0.39 is 0 Å². The van der Waals surface area contributed by atoms with E-state index in [1.165, 1.54) is 5.56 Å². The Morgan fingerprint density at radius 2 is 2.29 bits per heavy atom. The normalized spacial score (nSPS) is 28.2. The molecule has 0 aliphatic carbocycles. The molecule has 1 aromatic heterocycles. The highest BCUT2D eigenvalue weighted by molar-refractivity contribution is 5.52. The number of anilines is 1. The van der Waals surface area contributed by atoms with Gasteiger partial charge in [-0.05, 0) is 13.8 Å². The quantitative estimate of drug-likeness (QED) is 0.781. The number of hydrogen-bond acceptors (Lipinski definition) is 5. The average molecular weight is 234 g/mol. The van der Waals surface area contributed by atoms with Crippen LogP contribution in [0.5, 0.6) is 0 Å². The van der Waals surface area contributed by atoms with Crippen LogP contribution in [0.3, 0.4) is 0 Å². The molecule has 2 atom stereocenters. The third-order valence-electron chi connectivity index (χ3n) is 3.60. The molecule has 1 N–H and O–H groups in total. The fraction of sp³-hybridized carbons (Fsp3) is 0.667. The molecule has 1 fully saturated rings. The van der Waals surface area contributed by atoms with Gasteiger partial charge in [-0.15, -0.1) is 0 Å². The third-order valence-corrected chi connectivity index (χ3v) is 3.60. The topological polar surface area (TPSA) is 50.3 Å². The summed E-state index contributed by atoms with van der Waals surface area (Å²) < 4.78 is 5.65. The van der Waals surface area contributed by atoms with Crippen LogP contribution < -0.4 is 10.2 Å². The Morgan fingerprint density at radius 1 is 1.41 bits per heavy atom. The van der Waals surface area contributed by atoms with Crippen LogP contribution in [0.4, 0.5) is 5.82 Å². The minimum Gasteiger partial charge on any atom is -0.367 e. The number of piperazine rings is 1. The summed E-state index contributed by atoms with van der Waals surface area (Å²) in [4.78, 5) is 11.2. The van der Waals surface area contributed by atoms with Gasteiger partial charge >= 0.3 is 0 Å². The van der Waals surface area contributed by atoms with E-state index in [2.05, 4.69) is 34.0 Å². The molecule has 0 aromatic carbocycles. The first-order chi connectivity index (χ1) is 8.27. The number of rotatable bonds is 1. The first-order valence-corrected chi connectivity index (χ1v) is 6.20. The van der Waals surface area contributed by atoms with E-state index >= 15 is 0 Å². The van der Waals surface area contributed by atoms with Crippen molar-refractivity contribution < 1.29 is 4.74 Å². The lowest BCUT2D eigenvalue weighted by Crippen LogP contribution is -2.50. The fourth-order valence-electron chi connectivity index (χ4n) is 2.62. The van der Waals surface area contributed by atoms with Crippen molar-refractivity contribution in [3.8, 4) is 0 Å². The number of hydrogen-bond donors (Lipinski definition) is 1. The summed E-state index contributed by atoms with van der Waals surface area (Å²) in [6.07, 6.45) is 1.77. The molecule has 0 radical (unpaired) electrons. The summed E-state index contributed by atoms with van der Waals surface area (Å²) >= 11 is 0. The maximum Gasteiger partial charge on any atom is 0.138 e. The van der Waals surface area contributed by atoms with Crippen molar-refractivity contribution in [1.82, 2.24) is 15.3 Å². The first-order valence-electron chi connectivity index (χ1n) is 6.20. The average Bonchev–Trinajstić information content (AvgIpc) is 2.72. The maximum atomic E-state index is 5.65. The molecule has 5 nitrogen and oxygen atoms in total. The van der Waals surface area contributed by atoms with Crippen LogP contribution in [-0.2, 0) is 11.3 Å². The van der Waals surface area contributed by atoms with E-state index in [4.69, 9.17) is 4.74 Å². The third kappa shape index (κ3) is 1.79. The zero-order valence-corrected chi connectivity index (χ0v) is 10.3. The van der Waals surface area contributed by atoms with Crippen molar-refractivity contribution in [2.24, 2.45) is 0 Å². The summed E-state index contributed by atoms with van der Waals surface area (Å²) in [7, 11) is 0. The second-order valence-corrected chi connectivity index (χ2v) is 4.76. The molecule has 0 spiro atoms. The van der Waals surface area contributed by atoms with Gasteiger partial charge in [0.05, 0.1) is 18.4 Å². The summed E-state index contributed by atoms with van der Waals surface area (Å²) in [6, 6.07) is 0.468. The van der Waals surface area contributed by atoms with Gasteiger partial charge in [-0.3, -0.25) is 0 Å². The van der Waals surface area contributed by atoms with E-state index in [-0.39, 0.29) is 6.10 Å². The summed E-state index contributed by atoms with van der Waals surface area (Å²) in [5.74, 6) is 1.06. The van der Waals surface area contributed by atoms with Crippen molar-refractivity contribution in [3.63, 3.8) is 0 Å². The number of fused-ring (bicyclic) bond motifs is 1. The predicted molar refractivity (Wildman–Crippen MR) is 64.9 cm³/mol. The van der Waals surface area contributed by atoms with E-state index in [1.54, 1.807) is 6.33 Å². The van der Waals surface area contributed by atoms with Crippen LogP contribution in [0.25, 0.3) is 0 Å². The highest BCUT2D eigenvalue weighted by Crippen LogP contribution is 2.35. The Labute approximate surface area is 101 Å². The molecule has 5 heteroatoms. The molecule has 0 saturated carbocycles. The monoisotopic (exact) mass is 234 g/mol. The zero-order valence-electron chi connectivity index (χ0n) is 10.3. The molecule has 0 amide bonds. The van der Waals surface area contributed by atoms with Gasteiger partial charge in [-0.2, -0.15) is 0 Å². The van der Waals surface area contributed by atoms with Crippen LogP contribution >= 0.6 is 0 Å². The Morgan fingerprint density at radius 3 is 3.12 bits per heavy atom. The zero-order chi connectivity index (χ0) is 11.8. The van der Waals surface area contributed by atoms with Gasteiger partial charge in [0.25, 0.3) is 0 Å². The lowest BCUT2D eigenvalue weighted by Gasteiger charge is -2.36. The predicted octanol–water partition coefficient (Wildman–Crippen LogP) is 0.866. The number of nitrogens with zero attached hydrogens (tertiary/aromatic N) is 3. The molecule has 2 aliphatic rings. The Hall–Kier alpha value is -1.20. The standard InChI is InChI=1S/C12H18N4O/c1-8-5-13-3-4-16(8)12-11-9(2)17-6-10(11)14-7-15-12/h7-9,13H,3-6H2,1-2H3/t8-,9?/m0/s1. The molecule has 0 bridgehead atoms. The Kier molecular flexibility index (Phi) is 2.72. The van der Waals surface area contributed by atoms with Crippen LogP contribution in [-0.4, -0.2) is 35.6 Å². The lowest BCUT2D eigenvalue weighted by molar-refractivity contribution is 0.0787. The highest BCUT2D eigenvalue weighted by Gasteiger charge is 2.30. The second-order valence-electron chi connectivity index (χ2n) is 4.76. The largest absolute Gasteiger partial charge is 0.367 e. The number of ether oxygens (including phenoxy) is 1. The smallest absolute Gasteiger partial charge is 0.138 e. The first kappa shape index (κ1) is 10.9. The minimum absolute atomic E-state index is 0.114. The van der Waals surface area contributed by atoms with Gasteiger partial charge in [0.1, 0.15) is 12.1 Å². The van der Waals surface area contributed by atoms with Gasteiger partial charge < -0.3 is 15.0 Å². The van der Waals surface area contributed by atoms with Crippen molar-refractivity contribution in [1.29, 1.82) is 0 Å². The number of nitrogens with one attached hydrogen (secondary N) is 1. The van der Waals surface area contributed by atoms with Crippen LogP contribution in [0.15, 0.2) is 6.33 Å². The van der Waals surface area contributed by atoms with Crippen LogP contribution in [0.2, 0.25) is 0 Å². The van der Waals surface area contributed by atoms with E-state index in [1.807, 2.05) is 0 Å². The molecule has 1 aromatic rings. The molecule has 1 saturated heterocycles. The summed E-state index contributed by atoms with van der Waals surface area (Å²) in [5, 5.41) is 3.40. The number of aromatic nitrogens is 2. The summed E-state index contributed by atoms with van der Waals surface area (Å²) in [5.41, 5.74) is 2.23. The van der Waals surface area contributed by atoms with Gasteiger partial charge in [0.2, 0.25) is 0 Å². The second kappa shape index (κ2) is 4.23. The highest BCUT2D eigenvalue weighted by atomic mass is 16.5. The van der Waals surface area contributed by atoms with E-state index in [0.29, 0.717) is 12.6 Å². The van der Waals surface area contributed by atoms with E-state index in [9.17, 15) is 0 Å². The van der Waals surface area contributed by atoms with Crippen LogP contribution in [0.1, 0.15) is 31.2 Å². The van der Waals surface area contributed by atoms with Crippen molar-refractivity contribution in [2.75, 3.05) is 24.5 Å². The Balaban J connectivity index is 2.00. The molecule has 92 valence electrons. The minimum atomic E-state index is 0.114. The molecular formula is C12H18N4O. The lowest BCUT2D eigenvalue weighted by atomic mass is 10.1. The molecule has 2 aliphatic heterocycles. The molecule has 17 heavy (non-hydrogen) atoms. The Bertz CT molecular complexity index is 423. The fourth-order valence-corrected chi connectivity index (χ4v) is 2.62. The van der Waals surface area contributed by atoms with Gasteiger partial charge in [-0.25, -0.2) is 9.97 Å². The van der Waals surface area contributed by atoms with Crippen molar-refractivity contribution in [2.45, 2.75) is 32.6 Å². The van der Waals surface area contributed by atoms with Crippen molar-refractivity contribution >= 4 is 5.82 Å². The van der Waals surface area contributed by atoms with Crippen molar-refractivity contribution in [3.05, 3.63) is 17.6 Å². The van der Waals surface area contributed by atoms with E-state index in [0.717, 1.165) is 31.1 Å². The molecule has 1 unspecified atom stereocenters. The molecular weight excluding hydrogens is 216 g/mol. The van der Waals surface area contributed by atoms with Gasteiger partial charge in [-0.1, -0.05) is 0 Å². The molecule has 3 rings (SSSR count). The van der Waals surface area contributed by atoms with Crippen LogP contribution in [0, 0.1) is 0 Å². The van der Waals surface area contributed by atoms with Gasteiger partial charge in [0.15, 0.2) is 0 Å². The maximum absolute atomic E-state index is 5.65. The molecule has 3 heterocycles. The SMILES string of the molecule is CC1OCc2ncnc(N3CCNC[C@@H]3C)c21. The summed E-state index contributed by atoms with van der Waals surface area (Å²) in [6.45, 7) is 7.93.